The van der Waals surface area contributed by atoms with Crippen LogP contribution in [0.15, 0.2) is 24.3 Å². The van der Waals surface area contributed by atoms with Crippen LogP contribution >= 0.6 is 0 Å². The summed E-state index contributed by atoms with van der Waals surface area (Å²) in [6.45, 7) is 7.98. The number of aromatic amines is 1. The first-order valence-electron chi connectivity index (χ1n) is 7.39. The molecule has 1 aromatic carbocycles. The van der Waals surface area contributed by atoms with E-state index in [0.717, 1.165) is 42.7 Å². The van der Waals surface area contributed by atoms with Crippen molar-refractivity contribution in [1.29, 1.82) is 0 Å². The highest BCUT2D eigenvalue weighted by Crippen LogP contribution is 2.35. The molecule has 1 aromatic heterocycles. The third-order valence-electron chi connectivity index (χ3n) is 4.45. The number of aromatic nitrogens is 1. The molecule has 20 heavy (non-hydrogen) atoms. The van der Waals surface area contributed by atoms with Crippen molar-refractivity contribution in [2.45, 2.75) is 39.0 Å². The Morgan fingerprint density at radius 1 is 1.20 bits per heavy atom. The first-order chi connectivity index (χ1) is 9.51. The van der Waals surface area contributed by atoms with Crippen molar-refractivity contribution < 1.29 is 4.79 Å². The second kappa shape index (κ2) is 4.65. The zero-order valence-corrected chi connectivity index (χ0v) is 12.5. The van der Waals surface area contributed by atoms with E-state index in [9.17, 15) is 4.79 Å². The summed E-state index contributed by atoms with van der Waals surface area (Å²) in [5.74, 6) is 0.253. The van der Waals surface area contributed by atoms with Gasteiger partial charge in [0.25, 0.3) is 0 Å². The summed E-state index contributed by atoms with van der Waals surface area (Å²) in [6, 6.07) is 8.24. The predicted octanol–water partition coefficient (Wildman–Crippen LogP) is 3.38. The Bertz CT molecular complexity index is 648. The number of nitrogens with one attached hydrogen (secondary N) is 1. The number of hydrogen-bond donors (Lipinski definition) is 1. The van der Waals surface area contributed by atoms with Gasteiger partial charge in [0.05, 0.1) is 5.41 Å². The summed E-state index contributed by atoms with van der Waals surface area (Å²) in [4.78, 5) is 18.3. The number of nitrogens with zero attached hydrogens (tertiary/aromatic N) is 1. The van der Waals surface area contributed by atoms with Gasteiger partial charge in [0.1, 0.15) is 0 Å². The SMILES string of the molecule is Cc1[nH]c2ccccc2c1C(C)(C)C(=O)N1CCCC1. The van der Waals surface area contributed by atoms with Crippen molar-refractivity contribution in [2.75, 3.05) is 13.1 Å². The van der Waals surface area contributed by atoms with E-state index in [1.54, 1.807) is 0 Å². The van der Waals surface area contributed by atoms with Crippen LogP contribution in [0.25, 0.3) is 10.9 Å². The van der Waals surface area contributed by atoms with E-state index in [4.69, 9.17) is 0 Å². The first-order valence-corrected chi connectivity index (χ1v) is 7.39. The van der Waals surface area contributed by atoms with Crippen LogP contribution in [-0.4, -0.2) is 28.9 Å². The number of carbonyl (C=O) groups is 1. The van der Waals surface area contributed by atoms with Crippen LogP contribution in [0.5, 0.6) is 0 Å². The third-order valence-corrected chi connectivity index (χ3v) is 4.45. The molecule has 2 aromatic rings. The van der Waals surface area contributed by atoms with Gasteiger partial charge in [0.2, 0.25) is 5.91 Å². The fourth-order valence-electron chi connectivity index (χ4n) is 3.50. The maximum atomic E-state index is 12.9. The lowest BCUT2D eigenvalue weighted by molar-refractivity contribution is -0.135. The number of fused-ring (bicyclic) bond motifs is 1. The molecule has 0 spiro atoms. The molecule has 0 radical (unpaired) electrons. The summed E-state index contributed by atoms with van der Waals surface area (Å²) < 4.78 is 0. The molecule has 3 rings (SSSR count). The second-order valence-corrected chi connectivity index (χ2v) is 6.29. The zero-order valence-electron chi connectivity index (χ0n) is 12.5. The van der Waals surface area contributed by atoms with Gasteiger partial charge in [0, 0.05) is 29.7 Å². The molecule has 2 heterocycles. The Kier molecular flexibility index (Phi) is 3.08. The van der Waals surface area contributed by atoms with Crippen LogP contribution in [0.3, 0.4) is 0 Å². The number of para-hydroxylation sites is 1. The summed E-state index contributed by atoms with van der Waals surface area (Å²) >= 11 is 0. The van der Waals surface area contributed by atoms with Crippen LogP contribution in [0.1, 0.15) is 37.9 Å². The lowest BCUT2D eigenvalue weighted by Crippen LogP contribution is -2.42. The standard InChI is InChI=1S/C17H22N2O/c1-12-15(13-8-4-5-9-14(13)18-12)17(2,3)16(20)19-10-6-7-11-19/h4-5,8-9,18H,6-7,10-11H2,1-3H3. The van der Waals surface area contributed by atoms with E-state index >= 15 is 0 Å². The second-order valence-electron chi connectivity index (χ2n) is 6.29. The van der Waals surface area contributed by atoms with Crippen LogP contribution < -0.4 is 0 Å². The molecular formula is C17H22N2O. The van der Waals surface area contributed by atoms with E-state index < -0.39 is 5.41 Å². The van der Waals surface area contributed by atoms with Crippen LogP contribution in [0.2, 0.25) is 0 Å². The van der Waals surface area contributed by atoms with Gasteiger partial charge < -0.3 is 9.88 Å². The summed E-state index contributed by atoms with van der Waals surface area (Å²) in [5, 5.41) is 1.17. The normalized spacial score (nSPS) is 16.1. The van der Waals surface area contributed by atoms with Gasteiger partial charge in [0.15, 0.2) is 0 Å². The largest absolute Gasteiger partial charge is 0.358 e. The van der Waals surface area contributed by atoms with Crippen molar-refractivity contribution in [1.82, 2.24) is 9.88 Å². The molecule has 3 nitrogen and oxygen atoms in total. The topological polar surface area (TPSA) is 36.1 Å². The molecule has 106 valence electrons. The molecule has 1 aliphatic rings. The Labute approximate surface area is 120 Å². The molecule has 0 aliphatic carbocycles. The summed E-state index contributed by atoms with van der Waals surface area (Å²) in [5.41, 5.74) is 2.88. The highest BCUT2D eigenvalue weighted by Gasteiger charge is 2.37. The van der Waals surface area contributed by atoms with Gasteiger partial charge in [-0.15, -0.1) is 0 Å². The number of rotatable bonds is 2. The van der Waals surface area contributed by atoms with Gasteiger partial charge in [-0.2, -0.15) is 0 Å². The van der Waals surface area contributed by atoms with Crippen LogP contribution in [0, 0.1) is 6.92 Å². The van der Waals surface area contributed by atoms with Gasteiger partial charge >= 0.3 is 0 Å². The van der Waals surface area contributed by atoms with E-state index in [0.29, 0.717) is 0 Å². The van der Waals surface area contributed by atoms with E-state index in [1.165, 1.54) is 5.39 Å². The number of amides is 1. The lowest BCUT2D eigenvalue weighted by atomic mass is 9.81. The average Bonchev–Trinajstić information content (AvgIpc) is 3.03. The molecule has 0 atom stereocenters. The molecule has 0 saturated carbocycles. The van der Waals surface area contributed by atoms with Gasteiger partial charge in [-0.3, -0.25) is 4.79 Å². The van der Waals surface area contributed by atoms with Gasteiger partial charge in [-0.05, 0) is 45.2 Å². The maximum absolute atomic E-state index is 12.9. The fraction of sp³-hybridized carbons (Fsp3) is 0.471. The summed E-state index contributed by atoms with van der Waals surface area (Å²) in [7, 11) is 0. The first kappa shape index (κ1) is 13.2. The molecule has 0 unspecified atom stereocenters. The minimum atomic E-state index is -0.478. The minimum Gasteiger partial charge on any atom is -0.358 e. The van der Waals surface area contributed by atoms with Crippen LogP contribution in [-0.2, 0) is 10.2 Å². The van der Waals surface area contributed by atoms with E-state index in [2.05, 4.69) is 37.9 Å². The molecule has 1 aliphatic heterocycles. The number of H-pyrrole nitrogens is 1. The average molecular weight is 270 g/mol. The number of benzene rings is 1. The Balaban J connectivity index is 2.08. The van der Waals surface area contributed by atoms with E-state index in [-0.39, 0.29) is 5.91 Å². The van der Waals surface area contributed by atoms with E-state index in [1.807, 2.05) is 17.0 Å². The molecule has 1 saturated heterocycles. The number of likely N-dealkylation sites (tertiary alicyclic amines) is 1. The van der Waals surface area contributed by atoms with Crippen molar-refractivity contribution in [3.05, 3.63) is 35.5 Å². The highest BCUT2D eigenvalue weighted by atomic mass is 16.2. The highest BCUT2D eigenvalue weighted by molar-refractivity contribution is 5.95. The molecule has 3 heteroatoms. The predicted molar refractivity (Wildman–Crippen MR) is 81.9 cm³/mol. The Morgan fingerprint density at radius 2 is 1.85 bits per heavy atom. The Hall–Kier alpha value is -1.77. The Morgan fingerprint density at radius 3 is 2.55 bits per heavy atom. The van der Waals surface area contributed by atoms with Crippen molar-refractivity contribution in [3.8, 4) is 0 Å². The molecular weight excluding hydrogens is 248 g/mol. The maximum Gasteiger partial charge on any atom is 0.232 e. The lowest BCUT2D eigenvalue weighted by Gasteiger charge is -2.29. The quantitative estimate of drug-likeness (QED) is 0.892. The zero-order chi connectivity index (χ0) is 14.3. The molecule has 0 bridgehead atoms. The monoisotopic (exact) mass is 270 g/mol. The third kappa shape index (κ3) is 1.92. The van der Waals surface area contributed by atoms with Crippen molar-refractivity contribution in [2.24, 2.45) is 0 Å². The molecule has 1 amide bonds. The number of aryl methyl sites for hydroxylation is 1. The van der Waals surface area contributed by atoms with Gasteiger partial charge in [-0.25, -0.2) is 0 Å². The molecule has 1 fully saturated rings. The number of carbonyl (C=O) groups excluding carboxylic acids is 1. The van der Waals surface area contributed by atoms with Crippen molar-refractivity contribution in [3.63, 3.8) is 0 Å². The number of hydrogen-bond acceptors (Lipinski definition) is 1. The summed E-state index contributed by atoms with van der Waals surface area (Å²) in [6.07, 6.45) is 2.27. The molecule has 1 N–H and O–H groups in total. The fourth-order valence-corrected chi connectivity index (χ4v) is 3.50. The van der Waals surface area contributed by atoms with Crippen molar-refractivity contribution >= 4 is 16.8 Å². The smallest absolute Gasteiger partial charge is 0.232 e. The van der Waals surface area contributed by atoms with Crippen LogP contribution in [0.4, 0.5) is 0 Å². The van der Waals surface area contributed by atoms with Gasteiger partial charge in [-0.1, -0.05) is 18.2 Å². The minimum absolute atomic E-state index is 0.253.